The van der Waals surface area contributed by atoms with E-state index in [0.29, 0.717) is 29.9 Å². The van der Waals surface area contributed by atoms with Gasteiger partial charge in [-0.15, -0.1) is 5.10 Å². The molecule has 7 nitrogen and oxygen atoms in total. The first-order chi connectivity index (χ1) is 14.0. The first kappa shape index (κ1) is 19.7. The van der Waals surface area contributed by atoms with Crippen LogP contribution in [0.1, 0.15) is 35.4 Å². The molecule has 0 N–H and O–H groups in total. The zero-order chi connectivity index (χ0) is 20.5. The molecule has 1 amide bonds. The van der Waals surface area contributed by atoms with E-state index in [1.165, 1.54) is 11.8 Å². The molecule has 1 fully saturated rings. The Hall–Kier alpha value is -2.61. The van der Waals surface area contributed by atoms with Gasteiger partial charge in [0.25, 0.3) is 5.78 Å². The van der Waals surface area contributed by atoms with Crippen molar-refractivity contribution in [1.29, 1.82) is 0 Å². The summed E-state index contributed by atoms with van der Waals surface area (Å²) < 4.78 is 6.97. The maximum Gasteiger partial charge on any atom is 0.253 e. The summed E-state index contributed by atoms with van der Waals surface area (Å²) in [5, 5.41) is 5.17. The first-order valence-corrected chi connectivity index (χ1v) is 10.9. The van der Waals surface area contributed by atoms with Gasteiger partial charge in [0, 0.05) is 29.5 Å². The van der Waals surface area contributed by atoms with Crippen molar-refractivity contribution < 1.29 is 9.53 Å². The molecular weight excluding hydrogens is 386 g/mol. The van der Waals surface area contributed by atoms with Crippen LogP contribution < -0.4 is 4.74 Å². The number of ether oxygens (including phenoxy) is 1. The molecule has 3 aromatic rings. The van der Waals surface area contributed by atoms with Crippen LogP contribution in [0.5, 0.6) is 5.75 Å². The minimum atomic E-state index is 0.126. The highest BCUT2D eigenvalue weighted by Crippen LogP contribution is 2.30. The average molecular weight is 412 g/mol. The van der Waals surface area contributed by atoms with Crippen LogP contribution in [-0.2, 0) is 17.8 Å². The quantitative estimate of drug-likeness (QED) is 0.556. The molecule has 0 bridgehead atoms. The zero-order valence-electron chi connectivity index (χ0n) is 17.2. The first-order valence-electron chi connectivity index (χ1n) is 9.69. The molecule has 0 spiro atoms. The number of amides is 1. The minimum absolute atomic E-state index is 0.126. The number of carbonyl (C=O) groups excluding carboxylic acids is 1. The van der Waals surface area contributed by atoms with Crippen molar-refractivity contribution in [2.24, 2.45) is 0 Å². The zero-order valence-corrected chi connectivity index (χ0v) is 18.0. The number of benzene rings is 1. The van der Waals surface area contributed by atoms with E-state index in [2.05, 4.69) is 15.1 Å². The lowest BCUT2D eigenvalue weighted by Gasteiger charge is -2.23. The SMILES string of the molecule is COc1ccc(CN(C(=O)Cc2c(C)nc3nc(SC)nn3c2C)C2CC2)cc1. The van der Waals surface area contributed by atoms with E-state index < -0.39 is 0 Å². The van der Waals surface area contributed by atoms with Gasteiger partial charge in [-0.2, -0.15) is 4.98 Å². The normalized spacial score (nSPS) is 13.7. The van der Waals surface area contributed by atoms with Crippen molar-refractivity contribution in [3.8, 4) is 5.75 Å². The molecule has 2 heterocycles. The molecular formula is C21H25N5O2S. The van der Waals surface area contributed by atoms with Gasteiger partial charge in [0.2, 0.25) is 11.1 Å². The van der Waals surface area contributed by atoms with Gasteiger partial charge in [-0.1, -0.05) is 23.9 Å². The highest BCUT2D eigenvalue weighted by atomic mass is 32.2. The van der Waals surface area contributed by atoms with Gasteiger partial charge < -0.3 is 9.64 Å². The number of thioether (sulfide) groups is 1. The monoisotopic (exact) mass is 411 g/mol. The van der Waals surface area contributed by atoms with Gasteiger partial charge in [-0.3, -0.25) is 4.79 Å². The fourth-order valence-corrected chi connectivity index (χ4v) is 3.86. The lowest BCUT2D eigenvalue weighted by atomic mass is 10.1. The molecule has 29 heavy (non-hydrogen) atoms. The van der Waals surface area contributed by atoms with Gasteiger partial charge in [0.15, 0.2) is 0 Å². The molecule has 0 unspecified atom stereocenters. The Kier molecular flexibility index (Phi) is 5.45. The second-order valence-corrected chi connectivity index (χ2v) is 8.12. The number of hydrogen-bond acceptors (Lipinski definition) is 6. The maximum atomic E-state index is 13.2. The highest BCUT2D eigenvalue weighted by Gasteiger charge is 2.33. The highest BCUT2D eigenvalue weighted by molar-refractivity contribution is 7.98. The lowest BCUT2D eigenvalue weighted by molar-refractivity contribution is -0.131. The molecule has 4 rings (SSSR count). The van der Waals surface area contributed by atoms with Crippen LogP contribution in [0.2, 0.25) is 0 Å². The van der Waals surface area contributed by atoms with Crippen LogP contribution >= 0.6 is 11.8 Å². The summed E-state index contributed by atoms with van der Waals surface area (Å²) >= 11 is 1.48. The van der Waals surface area contributed by atoms with Gasteiger partial charge in [-0.25, -0.2) is 9.50 Å². The number of nitrogens with zero attached hydrogens (tertiary/aromatic N) is 5. The Morgan fingerprint density at radius 3 is 2.59 bits per heavy atom. The largest absolute Gasteiger partial charge is 0.497 e. The molecule has 1 saturated carbocycles. The smallest absolute Gasteiger partial charge is 0.253 e. The molecule has 0 aliphatic heterocycles. The molecule has 8 heteroatoms. The second kappa shape index (κ2) is 8.02. The minimum Gasteiger partial charge on any atom is -0.497 e. The molecule has 2 aromatic heterocycles. The number of rotatable bonds is 7. The van der Waals surface area contributed by atoms with Gasteiger partial charge in [0.1, 0.15) is 5.75 Å². The van der Waals surface area contributed by atoms with Crippen LogP contribution in [0.4, 0.5) is 0 Å². The Morgan fingerprint density at radius 1 is 1.24 bits per heavy atom. The number of aryl methyl sites for hydroxylation is 2. The van der Waals surface area contributed by atoms with Gasteiger partial charge in [-0.05, 0) is 50.6 Å². The van der Waals surface area contributed by atoms with E-state index in [-0.39, 0.29) is 5.91 Å². The fourth-order valence-electron chi connectivity index (χ4n) is 3.52. The van der Waals surface area contributed by atoms with E-state index in [9.17, 15) is 4.79 Å². The Labute approximate surface area is 174 Å². The predicted molar refractivity (Wildman–Crippen MR) is 112 cm³/mol. The van der Waals surface area contributed by atoms with Crippen LogP contribution in [0.3, 0.4) is 0 Å². The second-order valence-electron chi connectivity index (χ2n) is 7.35. The lowest BCUT2D eigenvalue weighted by Crippen LogP contribution is -2.34. The molecule has 0 radical (unpaired) electrons. The van der Waals surface area contributed by atoms with Crippen molar-refractivity contribution in [3.63, 3.8) is 0 Å². The number of hydrogen-bond donors (Lipinski definition) is 0. The number of fused-ring (bicyclic) bond motifs is 1. The van der Waals surface area contributed by atoms with E-state index >= 15 is 0 Å². The summed E-state index contributed by atoms with van der Waals surface area (Å²) in [5.41, 5.74) is 3.80. The molecule has 152 valence electrons. The van der Waals surface area contributed by atoms with Crippen molar-refractivity contribution in [2.45, 2.75) is 50.9 Å². The summed E-state index contributed by atoms with van der Waals surface area (Å²) in [7, 11) is 1.65. The topological polar surface area (TPSA) is 72.6 Å². The molecule has 1 aromatic carbocycles. The fraction of sp³-hybridized carbons (Fsp3) is 0.429. The molecule has 1 aliphatic carbocycles. The molecule has 1 aliphatic rings. The molecule has 0 saturated heterocycles. The van der Waals surface area contributed by atoms with Crippen molar-refractivity contribution in [2.75, 3.05) is 13.4 Å². The van der Waals surface area contributed by atoms with Crippen molar-refractivity contribution in [1.82, 2.24) is 24.5 Å². The Morgan fingerprint density at radius 2 is 1.97 bits per heavy atom. The number of aromatic nitrogens is 4. The van der Waals surface area contributed by atoms with E-state index in [4.69, 9.17) is 4.74 Å². The number of carbonyl (C=O) groups is 1. The third kappa shape index (κ3) is 4.07. The van der Waals surface area contributed by atoms with Crippen molar-refractivity contribution in [3.05, 3.63) is 46.8 Å². The summed E-state index contributed by atoms with van der Waals surface area (Å²) in [5.74, 6) is 1.53. The van der Waals surface area contributed by atoms with E-state index in [0.717, 1.165) is 41.1 Å². The van der Waals surface area contributed by atoms with Crippen LogP contribution in [0.25, 0.3) is 5.78 Å². The summed E-state index contributed by atoms with van der Waals surface area (Å²) in [4.78, 5) is 24.2. The summed E-state index contributed by atoms with van der Waals surface area (Å²) in [6, 6.07) is 8.24. The molecule has 0 atom stereocenters. The van der Waals surface area contributed by atoms with E-state index in [1.807, 2.05) is 49.3 Å². The average Bonchev–Trinajstić information content (AvgIpc) is 3.48. The van der Waals surface area contributed by atoms with Crippen LogP contribution in [0, 0.1) is 13.8 Å². The van der Waals surface area contributed by atoms with Crippen LogP contribution in [0.15, 0.2) is 29.4 Å². The van der Waals surface area contributed by atoms with Crippen LogP contribution in [-0.4, -0.2) is 49.8 Å². The number of methoxy groups -OCH3 is 1. The summed E-state index contributed by atoms with van der Waals surface area (Å²) in [6.07, 6.45) is 4.39. The maximum absolute atomic E-state index is 13.2. The third-order valence-corrected chi connectivity index (χ3v) is 5.90. The van der Waals surface area contributed by atoms with Gasteiger partial charge in [0.05, 0.1) is 13.5 Å². The third-order valence-electron chi connectivity index (χ3n) is 5.36. The Balaban J connectivity index is 1.57. The predicted octanol–water partition coefficient (Wildman–Crippen LogP) is 3.21. The summed E-state index contributed by atoms with van der Waals surface area (Å²) in [6.45, 7) is 4.53. The van der Waals surface area contributed by atoms with Gasteiger partial charge >= 0.3 is 0 Å². The Bertz CT molecular complexity index is 1040. The standard InChI is InChI=1S/C21H25N5O2S/c1-13-18(14(2)26-20(22-13)23-21(24-26)29-4)11-19(27)25(16-7-8-16)12-15-5-9-17(28-3)10-6-15/h5-6,9-10,16H,7-8,11-12H2,1-4H3. The van der Waals surface area contributed by atoms with Crippen molar-refractivity contribution >= 4 is 23.4 Å². The van der Waals surface area contributed by atoms with E-state index in [1.54, 1.807) is 11.6 Å².